The van der Waals surface area contributed by atoms with Crippen LogP contribution in [-0.4, -0.2) is 17.6 Å². The van der Waals surface area contributed by atoms with E-state index in [1.807, 2.05) is 18.3 Å². The molecule has 2 unspecified atom stereocenters. The zero-order valence-electron chi connectivity index (χ0n) is 12.6. The molecule has 3 nitrogen and oxygen atoms in total. The maximum Gasteiger partial charge on any atom is 0.0864 e. The summed E-state index contributed by atoms with van der Waals surface area (Å²) in [4.78, 5) is 7.03. The Hall–Kier alpha value is -1.87. The fourth-order valence-corrected chi connectivity index (χ4v) is 3.24. The summed E-state index contributed by atoms with van der Waals surface area (Å²) in [6.07, 6.45) is 5.14. The van der Waals surface area contributed by atoms with Crippen LogP contribution < -0.4 is 10.6 Å². The SMILES string of the molecule is CCC(N)C(c1ccccn1)N1CCCc2ccccc21. The van der Waals surface area contributed by atoms with E-state index in [9.17, 15) is 0 Å². The number of aromatic nitrogens is 1. The Bertz CT molecular complexity index is 582. The van der Waals surface area contributed by atoms with Gasteiger partial charge < -0.3 is 10.6 Å². The molecule has 1 aromatic heterocycles. The maximum absolute atomic E-state index is 6.46. The molecule has 2 heterocycles. The van der Waals surface area contributed by atoms with E-state index in [1.54, 1.807) is 0 Å². The third-order valence-corrected chi connectivity index (χ3v) is 4.35. The molecule has 0 bridgehead atoms. The molecule has 21 heavy (non-hydrogen) atoms. The highest BCUT2D eigenvalue weighted by molar-refractivity contribution is 5.57. The summed E-state index contributed by atoms with van der Waals surface area (Å²) >= 11 is 0. The van der Waals surface area contributed by atoms with E-state index in [1.165, 1.54) is 17.7 Å². The standard InChI is InChI=1S/C18H23N3/c1-2-15(19)18(16-10-5-6-12-20-16)21-13-7-9-14-8-3-4-11-17(14)21/h3-6,8,10-12,15,18H,2,7,9,13,19H2,1H3. The molecule has 0 aliphatic carbocycles. The van der Waals surface area contributed by atoms with Gasteiger partial charge in [-0.2, -0.15) is 0 Å². The zero-order chi connectivity index (χ0) is 14.7. The Morgan fingerprint density at radius 1 is 1.19 bits per heavy atom. The summed E-state index contributed by atoms with van der Waals surface area (Å²) in [6, 6.07) is 15.0. The number of nitrogens with zero attached hydrogens (tertiary/aromatic N) is 2. The second kappa shape index (κ2) is 6.27. The Balaban J connectivity index is 2.02. The lowest BCUT2D eigenvalue weighted by molar-refractivity contribution is 0.467. The molecule has 2 N–H and O–H groups in total. The number of hydrogen-bond acceptors (Lipinski definition) is 3. The van der Waals surface area contributed by atoms with Gasteiger partial charge in [0.2, 0.25) is 0 Å². The molecular formula is C18H23N3. The topological polar surface area (TPSA) is 42.1 Å². The minimum atomic E-state index is 0.0889. The Morgan fingerprint density at radius 3 is 2.76 bits per heavy atom. The number of para-hydroxylation sites is 1. The number of rotatable bonds is 4. The lowest BCUT2D eigenvalue weighted by atomic mass is 9.94. The first-order valence-electron chi connectivity index (χ1n) is 7.82. The van der Waals surface area contributed by atoms with Crippen molar-refractivity contribution in [3.8, 4) is 0 Å². The highest BCUT2D eigenvalue weighted by atomic mass is 15.2. The van der Waals surface area contributed by atoms with E-state index in [4.69, 9.17) is 5.73 Å². The van der Waals surface area contributed by atoms with Gasteiger partial charge in [0, 0.05) is 24.5 Å². The Morgan fingerprint density at radius 2 is 2.00 bits per heavy atom. The number of anilines is 1. The first-order chi connectivity index (χ1) is 10.3. The van der Waals surface area contributed by atoms with Crippen LogP contribution in [-0.2, 0) is 6.42 Å². The van der Waals surface area contributed by atoms with Crippen molar-refractivity contribution in [2.45, 2.75) is 38.3 Å². The van der Waals surface area contributed by atoms with Crippen LogP contribution in [0.15, 0.2) is 48.7 Å². The summed E-state index contributed by atoms with van der Waals surface area (Å²) in [5, 5.41) is 0. The molecule has 1 aliphatic heterocycles. The van der Waals surface area contributed by atoms with Crippen molar-refractivity contribution in [1.82, 2.24) is 4.98 Å². The van der Waals surface area contributed by atoms with Crippen LogP contribution in [0, 0.1) is 0 Å². The van der Waals surface area contributed by atoms with Crippen molar-refractivity contribution in [3.05, 3.63) is 59.9 Å². The highest BCUT2D eigenvalue weighted by Crippen LogP contribution is 2.35. The zero-order valence-corrected chi connectivity index (χ0v) is 12.6. The summed E-state index contributed by atoms with van der Waals surface area (Å²) in [6.45, 7) is 3.20. The van der Waals surface area contributed by atoms with Crippen LogP contribution in [0.5, 0.6) is 0 Å². The van der Waals surface area contributed by atoms with Crippen LogP contribution in [0.25, 0.3) is 0 Å². The van der Waals surface area contributed by atoms with Crippen LogP contribution in [0.4, 0.5) is 5.69 Å². The third kappa shape index (κ3) is 2.79. The lowest BCUT2D eigenvalue weighted by Gasteiger charge is -2.40. The van der Waals surface area contributed by atoms with Crippen LogP contribution >= 0.6 is 0 Å². The summed E-state index contributed by atoms with van der Waals surface area (Å²) in [7, 11) is 0. The second-order valence-electron chi connectivity index (χ2n) is 5.70. The molecular weight excluding hydrogens is 258 g/mol. The minimum absolute atomic E-state index is 0.0889. The number of pyridine rings is 1. The first-order valence-corrected chi connectivity index (χ1v) is 7.82. The van der Waals surface area contributed by atoms with Crippen molar-refractivity contribution in [2.24, 2.45) is 5.73 Å². The first kappa shape index (κ1) is 14.1. The van der Waals surface area contributed by atoms with Gasteiger partial charge in [0.25, 0.3) is 0 Å². The summed E-state index contributed by atoms with van der Waals surface area (Å²) in [5.41, 5.74) is 10.3. The largest absolute Gasteiger partial charge is 0.361 e. The molecule has 0 amide bonds. The van der Waals surface area contributed by atoms with Crippen molar-refractivity contribution in [1.29, 1.82) is 0 Å². The Kier molecular flexibility index (Phi) is 4.20. The normalized spacial score (nSPS) is 17.1. The van der Waals surface area contributed by atoms with Gasteiger partial charge in [-0.3, -0.25) is 4.98 Å². The smallest absolute Gasteiger partial charge is 0.0864 e. The molecule has 110 valence electrons. The molecule has 3 heteroatoms. The van der Waals surface area contributed by atoms with E-state index < -0.39 is 0 Å². The number of benzene rings is 1. The number of hydrogen-bond donors (Lipinski definition) is 1. The van der Waals surface area contributed by atoms with Crippen LogP contribution in [0.2, 0.25) is 0 Å². The molecule has 0 saturated heterocycles. The lowest BCUT2D eigenvalue weighted by Crippen LogP contribution is -2.43. The van der Waals surface area contributed by atoms with Crippen LogP contribution in [0.3, 0.4) is 0 Å². The van der Waals surface area contributed by atoms with Gasteiger partial charge >= 0.3 is 0 Å². The average Bonchev–Trinajstić information content (AvgIpc) is 2.56. The van der Waals surface area contributed by atoms with Crippen LogP contribution in [0.1, 0.15) is 37.1 Å². The van der Waals surface area contributed by atoms with Gasteiger partial charge in [-0.05, 0) is 43.0 Å². The van der Waals surface area contributed by atoms with E-state index in [0.29, 0.717) is 0 Å². The van der Waals surface area contributed by atoms with Gasteiger partial charge in [-0.1, -0.05) is 31.2 Å². The van der Waals surface area contributed by atoms with Gasteiger partial charge in [-0.25, -0.2) is 0 Å². The molecule has 0 spiro atoms. The van der Waals surface area contributed by atoms with Gasteiger partial charge in [-0.15, -0.1) is 0 Å². The second-order valence-corrected chi connectivity index (χ2v) is 5.70. The summed E-state index contributed by atoms with van der Waals surface area (Å²) < 4.78 is 0. The number of nitrogens with two attached hydrogens (primary N) is 1. The van der Waals surface area contributed by atoms with Gasteiger partial charge in [0.15, 0.2) is 0 Å². The van der Waals surface area contributed by atoms with E-state index >= 15 is 0 Å². The molecule has 2 atom stereocenters. The predicted octanol–water partition coefficient (Wildman–Crippen LogP) is 3.31. The number of fused-ring (bicyclic) bond motifs is 1. The van der Waals surface area contributed by atoms with Gasteiger partial charge in [0.1, 0.15) is 0 Å². The Labute approximate surface area is 126 Å². The fourth-order valence-electron chi connectivity index (χ4n) is 3.24. The highest BCUT2D eigenvalue weighted by Gasteiger charge is 2.29. The molecule has 1 aromatic carbocycles. The maximum atomic E-state index is 6.46. The van der Waals surface area contributed by atoms with Crippen molar-refractivity contribution in [2.75, 3.05) is 11.4 Å². The molecule has 3 rings (SSSR count). The molecule has 2 aromatic rings. The number of aryl methyl sites for hydroxylation is 1. The fraction of sp³-hybridized carbons (Fsp3) is 0.389. The molecule has 0 fully saturated rings. The molecule has 0 radical (unpaired) electrons. The summed E-state index contributed by atoms with van der Waals surface area (Å²) in [5.74, 6) is 0. The van der Waals surface area contributed by atoms with E-state index in [-0.39, 0.29) is 12.1 Å². The van der Waals surface area contributed by atoms with Gasteiger partial charge in [0.05, 0.1) is 11.7 Å². The van der Waals surface area contributed by atoms with Crippen molar-refractivity contribution < 1.29 is 0 Å². The van der Waals surface area contributed by atoms with E-state index in [0.717, 1.165) is 25.1 Å². The molecule has 0 saturated carbocycles. The predicted molar refractivity (Wildman–Crippen MR) is 87.4 cm³/mol. The minimum Gasteiger partial charge on any atom is -0.361 e. The quantitative estimate of drug-likeness (QED) is 0.935. The van der Waals surface area contributed by atoms with Crippen molar-refractivity contribution >= 4 is 5.69 Å². The van der Waals surface area contributed by atoms with E-state index in [2.05, 4.69) is 47.1 Å². The van der Waals surface area contributed by atoms with Crippen molar-refractivity contribution in [3.63, 3.8) is 0 Å². The molecule has 1 aliphatic rings. The third-order valence-electron chi connectivity index (χ3n) is 4.35. The average molecular weight is 281 g/mol. The monoisotopic (exact) mass is 281 g/mol.